The van der Waals surface area contributed by atoms with Gasteiger partial charge in [-0.1, -0.05) is 34.1 Å². The van der Waals surface area contributed by atoms with E-state index in [-0.39, 0.29) is 0 Å². The van der Waals surface area contributed by atoms with E-state index in [4.69, 9.17) is 9.94 Å². The minimum atomic E-state index is 0.375. The third kappa shape index (κ3) is 4.21. The van der Waals surface area contributed by atoms with E-state index in [0.29, 0.717) is 12.5 Å². The SMILES string of the molecule is CCC1CN(CCOc2cccc(Br)c2)CC/C1=N\O. The van der Waals surface area contributed by atoms with Gasteiger partial charge in [0.15, 0.2) is 0 Å². The lowest BCUT2D eigenvalue weighted by Gasteiger charge is -2.32. The molecule has 4 nitrogen and oxygen atoms in total. The highest BCUT2D eigenvalue weighted by molar-refractivity contribution is 9.10. The van der Waals surface area contributed by atoms with Gasteiger partial charge >= 0.3 is 0 Å². The summed E-state index contributed by atoms with van der Waals surface area (Å²) in [7, 11) is 0. The van der Waals surface area contributed by atoms with Crippen LogP contribution in [-0.4, -0.2) is 42.1 Å². The van der Waals surface area contributed by atoms with Gasteiger partial charge in [-0.05, 0) is 24.6 Å². The lowest BCUT2D eigenvalue weighted by Crippen LogP contribution is -2.42. The van der Waals surface area contributed by atoms with Crippen molar-refractivity contribution in [3.8, 4) is 5.75 Å². The van der Waals surface area contributed by atoms with E-state index >= 15 is 0 Å². The van der Waals surface area contributed by atoms with Crippen LogP contribution in [0.15, 0.2) is 33.9 Å². The second-order valence-electron chi connectivity index (χ2n) is 5.05. The molecule has 1 heterocycles. The zero-order chi connectivity index (χ0) is 14.4. The van der Waals surface area contributed by atoms with Gasteiger partial charge in [0.1, 0.15) is 12.4 Å². The summed E-state index contributed by atoms with van der Waals surface area (Å²) < 4.78 is 6.79. The number of nitrogens with zero attached hydrogens (tertiary/aromatic N) is 2. The van der Waals surface area contributed by atoms with Crippen molar-refractivity contribution in [2.24, 2.45) is 11.1 Å². The van der Waals surface area contributed by atoms with Crippen LogP contribution in [0.4, 0.5) is 0 Å². The average Bonchev–Trinajstić information content (AvgIpc) is 2.47. The first kappa shape index (κ1) is 15.3. The molecule has 1 aliphatic rings. The summed E-state index contributed by atoms with van der Waals surface area (Å²) in [6.07, 6.45) is 1.87. The molecule has 1 aromatic carbocycles. The number of ether oxygens (including phenoxy) is 1. The predicted octanol–water partition coefficient (Wildman–Crippen LogP) is 3.39. The Morgan fingerprint density at radius 1 is 1.50 bits per heavy atom. The summed E-state index contributed by atoms with van der Waals surface area (Å²) in [4.78, 5) is 2.38. The summed E-state index contributed by atoms with van der Waals surface area (Å²) in [5.74, 6) is 1.26. The fourth-order valence-corrected chi connectivity index (χ4v) is 2.91. The summed E-state index contributed by atoms with van der Waals surface area (Å²) >= 11 is 3.44. The van der Waals surface area contributed by atoms with Gasteiger partial charge in [-0.2, -0.15) is 0 Å². The minimum absolute atomic E-state index is 0.375. The lowest BCUT2D eigenvalue weighted by atomic mass is 9.93. The topological polar surface area (TPSA) is 45.1 Å². The van der Waals surface area contributed by atoms with Gasteiger partial charge in [0, 0.05) is 36.4 Å². The van der Waals surface area contributed by atoms with Gasteiger partial charge in [0.2, 0.25) is 0 Å². The number of hydrogen-bond donors (Lipinski definition) is 1. The lowest BCUT2D eigenvalue weighted by molar-refractivity contribution is 0.185. The molecule has 1 N–H and O–H groups in total. The Morgan fingerprint density at radius 3 is 3.05 bits per heavy atom. The first-order valence-electron chi connectivity index (χ1n) is 7.04. The second-order valence-corrected chi connectivity index (χ2v) is 5.97. The molecule has 1 aliphatic heterocycles. The summed E-state index contributed by atoms with van der Waals surface area (Å²) in [6, 6.07) is 7.89. The van der Waals surface area contributed by atoms with Crippen molar-refractivity contribution >= 4 is 21.6 Å². The van der Waals surface area contributed by atoms with Crippen LogP contribution < -0.4 is 4.74 Å². The highest BCUT2D eigenvalue weighted by Gasteiger charge is 2.24. The second kappa shape index (κ2) is 7.64. The summed E-state index contributed by atoms with van der Waals surface area (Å²) in [5.41, 5.74) is 0.941. The first-order valence-corrected chi connectivity index (χ1v) is 7.83. The molecular weight excluding hydrogens is 320 g/mol. The molecule has 1 fully saturated rings. The van der Waals surface area contributed by atoms with Gasteiger partial charge in [-0.25, -0.2) is 0 Å². The van der Waals surface area contributed by atoms with Crippen molar-refractivity contribution in [1.82, 2.24) is 4.90 Å². The van der Waals surface area contributed by atoms with E-state index in [1.165, 1.54) is 0 Å². The number of hydrogen-bond acceptors (Lipinski definition) is 4. The Balaban J connectivity index is 1.77. The molecule has 5 heteroatoms. The molecule has 0 bridgehead atoms. The zero-order valence-corrected chi connectivity index (χ0v) is 13.3. The molecule has 0 aromatic heterocycles. The third-order valence-corrected chi connectivity index (χ3v) is 4.22. The van der Waals surface area contributed by atoms with Crippen molar-refractivity contribution in [3.05, 3.63) is 28.7 Å². The standard InChI is InChI=1S/C15H21BrN2O2/c1-2-12-11-18(7-6-15(12)17-19)8-9-20-14-5-3-4-13(16)10-14/h3-5,10,12,19H,2,6-9,11H2,1H3/b17-15+. The largest absolute Gasteiger partial charge is 0.492 e. The van der Waals surface area contributed by atoms with Crippen LogP contribution in [0.1, 0.15) is 19.8 Å². The maximum absolute atomic E-state index is 8.97. The Kier molecular flexibility index (Phi) is 5.86. The van der Waals surface area contributed by atoms with E-state index in [9.17, 15) is 0 Å². The molecule has 0 saturated carbocycles. The van der Waals surface area contributed by atoms with Crippen LogP contribution >= 0.6 is 15.9 Å². The molecule has 1 saturated heterocycles. The van der Waals surface area contributed by atoms with Crippen molar-refractivity contribution in [1.29, 1.82) is 0 Å². The van der Waals surface area contributed by atoms with Crippen molar-refractivity contribution in [2.45, 2.75) is 19.8 Å². The number of piperidine rings is 1. The smallest absolute Gasteiger partial charge is 0.120 e. The van der Waals surface area contributed by atoms with Gasteiger partial charge < -0.3 is 9.94 Å². The molecule has 1 unspecified atom stereocenters. The maximum atomic E-state index is 8.97. The molecule has 1 atom stereocenters. The quantitative estimate of drug-likeness (QED) is 0.660. The van der Waals surface area contributed by atoms with Crippen LogP contribution in [-0.2, 0) is 0 Å². The summed E-state index contributed by atoms with van der Waals surface area (Å²) in [5, 5.41) is 12.4. The predicted molar refractivity (Wildman–Crippen MR) is 83.7 cm³/mol. The Labute approximate surface area is 128 Å². The molecule has 0 aliphatic carbocycles. The van der Waals surface area contributed by atoms with Gasteiger partial charge in [0.05, 0.1) is 5.71 Å². The average molecular weight is 341 g/mol. The molecule has 0 amide bonds. The Morgan fingerprint density at radius 2 is 2.35 bits per heavy atom. The first-order chi connectivity index (χ1) is 9.72. The minimum Gasteiger partial charge on any atom is -0.492 e. The van der Waals surface area contributed by atoms with E-state index in [2.05, 4.69) is 32.9 Å². The van der Waals surface area contributed by atoms with Crippen molar-refractivity contribution < 1.29 is 9.94 Å². The van der Waals surface area contributed by atoms with E-state index < -0.39 is 0 Å². The van der Waals surface area contributed by atoms with Crippen molar-refractivity contribution in [2.75, 3.05) is 26.2 Å². The monoisotopic (exact) mass is 340 g/mol. The van der Waals surface area contributed by atoms with Crippen LogP contribution in [0.25, 0.3) is 0 Å². The summed E-state index contributed by atoms with van der Waals surface area (Å²) in [6.45, 7) is 5.62. The number of rotatable bonds is 5. The normalized spacial score (nSPS) is 22.1. The van der Waals surface area contributed by atoms with Crippen LogP contribution in [0, 0.1) is 5.92 Å². The number of oxime groups is 1. The van der Waals surface area contributed by atoms with E-state index in [0.717, 1.165) is 48.4 Å². The molecule has 1 aromatic rings. The Bertz CT molecular complexity index is 465. The highest BCUT2D eigenvalue weighted by Crippen LogP contribution is 2.19. The molecule has 20 heavy (non-hydrogen) atoms. The third-order valence-electron chi connectivity index (χ3n) is 3.73. The van der Waals surface area contributed by atoms with E-state index in [1.54, 1.807) is 0 Å². The van der Waals surface area contributed by atoms with Gasteiger partial charge in [-0.3, -0.25) is 4.90 Å². The molecule has 2 rings (SSSR count). The maximum Gasteiger partial charge on any atom is 0.120 e. The van der Waals surface area contributed by atoms with E-state index in [1.807, 2.05) is 24.3 Å². The molecule has 0 spiro atoms. The molecule has 110 valence electrons. The number of halogens is 1. The number of likely N-dealkylation sites (tertiary alicyclic amines) is 1. The van der Waals surface area contributed by atoms with Crippen molar-refractivity contribution in [3.63, 3.8) is 0 Å². The van der Waals surface area contributed by atoms with Gasteiger partial charge in [-0.15, -0.1) is 0 Å². The van der Waals surface area contributed by atoms with Crippen LogP contribution in [0.5, 0.6) is 5.75 Å². The van der Waals surface area contributed by atoms with Crippen LogP contribution in [0.2, 0.25) is 0 Å². The fourth-order valence-electron chi connectivity index (χ4n) is 2.53. The number of benzene rings is 1. The molecule has 0 radical (unpaired) electrons. The fraction of sp³-hybridized carbons (Fsp3) is 0.533. The zero-order valence-electron chi connectivity index (χ0n) is 11.8. The Hall–Kier alpha value is -1.07. The highest BCUT2D eigenvalue weighted by atomic mass is 79.9. The molecular formula is C15H21BrN2O2. The van der Waals surface area contributed by atoms with Gasteiger partial charge in [0.25, 0.3) is 0 Å². The van der Waals surface area contributed by atoms with Crippen LogP contribution in [0.3, 0.4) is 0 Å².